The van der Waals surface area contributed by atoms with Gasteiger partial charge in [-0.1, -0.05) is 24.6 Å². The zero-order valence-corrected chi connectivity index (χ0v) is 9.89. The number of nitrogens with two attached hydrogens (primary N) is 1. The fourth-order valence-electron chi connectivity index (χ4n) is 1.70. The van der Waals surface area contributed by atoms with E-state index in [9.17, 15) is 0 Å². The standard InChI is InChI=1S/C13H18N4/c14-8-4-1-5-9-15-13-16-10-11-6-2-3-7-12(11)17-13/h2-3,6-7,10H,1,4-5,8-9,14H2,(H,15,16,17). The summed E-state index contributed by atoms with van der Waals surface area (Å²) in [6.07, 6.45) is 5.19. The number of para-hydroxylation sites is 1. The van der Waals surface area contributed by atoms with Gasteiger partial charge in [-0.25, -0.2) is 9.97 Å². The quantitative estimate of drug-likeness (QED) is 0.746. The van der Waals surface area contributed by atoms with Gasteiger partial charge in [-0.2, -0.15) is 0 Å². The molecule has 0 aliphatic heterocycles. The number of nitrogens with one attached hydrogen (secondary N) is 1. The highest BCUT2D eigenvalue weighted by molar-refractivity contribution is 5.78. The molecular weight excluding hydrogens is 212 g/mol. The van der Waals surface area contributed by atoms with Gasteiger partial charge < -0.3 is 11.1 Å². The Labute approximate surface area is 101 Å². The van der Waals surface area contributed by atoms with Crippen LogP contribution in [0.1, 0.15) is 19.3 Å². The van der Waals surface area contributed by atoms with Gasteiger partial charge in [0, 0.05) is 18.1 Å². The predicted octanol–water partition coefficient (Wildman–Crippen LogP) is 2.17. The molecule has 2 aromatic rings. The van der Waals surface area contributed by atoms with E-state index in [-0.39, 0.29) is 0 Å². The molecule has 0 fully saturated rings. The summed E-state index contributed by atoms with van der Waals surface area (Å²) in [6, 6.07) is 7.99. The molecule has 0 aliphatic carbocycles. The van der Waals surface area contributed by atoms with Crippen molar-refractivity contribution in [3.8, 4) is 0 Å². The molecule has 0 bridgehead atoms. The Morgan fingerprint density at radius 1 is 1.12 bits per heavy atom. The Kier molecular flexibility index (Phi) is 4.27. The zero-order chi connectivity index (χ0) is 11.9. The van der Waals surface area contributed by atoms with Crippen LogP contribution < -0.4 is 11.1 Å². The van der Waals surface area contributed by atoms with Crippen LogP contribution in [0.3, 0.4) is 0 Å². The fraction of sp³-hybridized carbons (Fsp3) is 0.385. The van der Waals surface area contributed by atoms with Crippen LogP contribution >= 0.6 is 0 Å². The van der Waals surface area contributed by atoms with E-state index in [0.717, 1.165) is 43.3 Å². The summed E-state index contributed by atoms with van der Waals surface area (Å²) in [4.78, 5) is 8.72. The Hall–Kier alpha value is -1.68. The first-order valence-electron chi connectivity index (χ1n) is 6.06. The van der Waals surface area contributed by atoms with E-state index in [1.54, 1.807) is 0 Å². The Morgan fingerprint density at radius 2 is 2.00 bits per heavy atom. The van der Waals surface area contributed by atoms with Crippen LogP contribution in [0, 0.1) is 0 Å². The molecule has 0 unspecified atom stereocenters. The number of anilines is 1. The topological polar surface area (TPSA) is 63.8 Å². The van der Waals surface area contributed by atoms with Gasteiger partial charge in [-0.3, -0.25) is 0 Å². The number of nitrogens with zero attached hydrogens (tertiary/aromatic N) is 2. The van der Waals surface area contributed by atoms with Crippen molar-refractivity contribution in [3.05, 3.63) is 30.5 Å². The van der Waals surface area contributed by atoms with Crippen LogP contribution in [0.15, 0.2) is 30.5 Å². The monoisotopic (exact) mass is 230 g/mol. The molecule has 0 radical (unpaired) electrons. The highest BCUT2D eigenvalue weighted by Gasteiger charge is 1.98. The Morgan fingerprint density at radius 3 is 2.88 bits per heavy atom. The molecule has 4 nitrogen and oxygen atoms in total. The van der Waals surface area contributed by atoms with E-state index >= 15 is 0 Å². The van der Waals surface area contributed by atoms with Gasteiger partial charge in [0.2, 0.25) is 5.95 Å². The molecule has 1 aromatic carbocycles. The van der Waals surface area contributed by atoms with Crippen molar-refractivity contribution >= 4 is 16.9 Å². The summed E-state index contributed by atoms with van der Waals surface area (Å²) in [6.45, 7) is 1.67. The van der Waals surface area contributed by atoms with Crippen molar-refractivity contribution in [2.24, 2.45) is 5.73 Å². The number of hydrogen-bond acceptors (Lipinski definition) is 4. The summed E-state index contributed by atoms with van der Waals surface area (Å²) < 4.78 is 0. The number of rotatable bonds is 6. The lowest BCUT2D eigenvalue weighted by molar-refractivity contribution is 0.705. The van der Waals surface area contributed by atoms with Gasteiger partial charge in [0.25, 0.3) is 0 Å². The lowest BCUT2D eigenvalue weighted by Gasteiger charge is -2.05. The smallest absolute Gasteiger partial charge is 0.223 e. The molecule has 90 valence electrons. The molecular formula is C13H18N4. The third-order valence-electron chi connectivity index (χ3n) is 2.65. The number of hydrogen-bond donors (Lipinski definition) is 2. The maximum Gasteiger partial charge on any atom is 0.223 e. The minimum Gasteiger partial charge on any atom is -0.354 e. The lowest BCUT2D eigenvalue weighted by Crippen LogP contribution is -2.06. The first kappa shape index (κ1) is 11.8. The van der Waals surface area contributed by atoms with E-state index in [1.807, 2.05) is 30.5 Å². The van der Waals surface area contributed by atoms with Gasteiger partial charge in [-0.15, -0.1) is 0 Å². The molecule has 1 aromatic heterocycles. The largest absolute Gasteiger partial charge is 0.354 e. The molecule has 2 rings (SSSR count). The molecule has 3 N–H and O–H groups in total. The van der Waals surface area contributed by atoms with Crippen LogP contribution in [0.4, 0.5) is 5.95 Å². The van der Waals surface area contributed by atoms with Crippen LogP contribution in [0.2, 0.25) is 0 Å². The molecule has 0 spiro atoms. The zero-order valence-electron chi connectivity index (χ0n) is 9.89. The third-order valence-corrected chi connectivity index (χ3v) is 2.65. The van der Waals surface area contributed by atoms with Crippen molar-refractivity contribution in [1.82, 2.24) is 9.97 Å². The summed E-state index contributed by atoms with van der Waals surface area (Å²) in [5, 5.41) is 4.30. The molecule has 0 saturated carbocycles. The third kappa shape index (κ3) is 3.39. The molecule has 17 heavy (non-hydrogen) atoms. The SMILES string of the molecule is NCCCCCNc1ncc2ccccc2n1. The predicted molar refractivity (Wildman–Crippen MR) is 70.9 cm³/mol. The van der Waals surface area contributed by atoms with Gasteiger partial charge >= 0.3 is 0 Å². The van der Waals surface area contributed by atoms with Crippen molar-refractivity contribution < 1.29 is 0 Å². The van der Waals surface area contributed by atoms with Crippen molar-refractivity contribution in [3.63, 3.8) is 0 Å². The van der Waals surface area contributed by atoms with Gasteiger partial charge in [0.15, 0.2) is 0 Å². The highest BCUT2D eigenvalue weighted by Crippen LogP contribution is 2.11. The number of aromatic nitrogens is 2. The second-order valence-corrected chi connectivity index (χ2v) is 4.03. The molecule has 0 saturated heterocycles. The molecule has 4 heteroatoms. The lowest BCUT2D eigenvalue weighted by atomic mass is 10.2. The van der Waals surface area contributed by atoms with E-state index < -0.39 is 0 Å². The minimum absolute atomic E-state index is 0.705. The average molecular weight is 230 g/mol. The highest BCUT2D eigenvalue weighted by atomic mass is 15.1. The van der Waals surface area contributed by atoms with Crippen LogP contribution in [0.5, 0.6) is 0 Å². The van der Waals surface area contributed by atoms with E-state index in [2.05, 4.69) is 15.3 Å². The average Bonchev–Trinajstić information content (AvgIpc) is 2.38. The van der Waals surface area contributed by atoms with Crippen LogP contribution in [0.25, 0.3) is 10.9 Å². The first-order valence-corrected chi connectivity index (χ1v) is 6.06. The summed E-state index contributed by atoms with van der Waals surface area (Å²) in [5.41, 5.74) is 6.42. The van der Waals surface area contributed by atoms with E-state index in [0.29, 0.717) is 5.95 Å². The number of unbranched alkanes of at least 4 members (excludes halogenated alkanes) is 2. The number of fused-ring (bicyclic) bond motifs is 1. The summed E-state index contributed by atoms with van der Waals surface area (Å²) in [7, 11) is 0. The maximum absolute atomic E-state index is 5.44. The second kappa shape index (κ2) is 6.15. The van der Waals surface area contributed by atoms with Crippen molar-refractivity contribution in [2.45, 2.75) is 19.3 Å². The van der Waals surface area contributed by atoms with Crippen molar-refractivity contribution in [1.29, 1.82) is 0 Å². The minimum atomic E-state index is 0.705. The molecule has 0 amide bonds. The number of benzene rings is 1. The fourth-order valence-corrected chi connectivity index (χ4v) is 1.70. The first-order chi connectivity index (χ1) is 8.40. The maximum atomic E-state index is 5.44. The Bertz CT molecular complexity index is 470. The normalized spacial score (nSPS) is 10.6. The van der Waals surface area contributed by atoms with Crippen LogP contribution in [-0.4, -0.2) is 23.1 Å². The van der Waals surface area contributed by atoms with E-state index in [4.69, 9.17) is 5.73 Å². The summed E-state index contributed by atoms with van der Waals surface area (Å²) >= 11 is 0. The van der Waals surface area contributed by atoms with E-state index in [1.165, 1.54) is 0 Å². The second-order valence-electron chi connectivity index (χ2n) is 4.03. The van der Waals surface area contributed by atoms with Crippen molar-refractivity contribution in [2.75, 3.05) is 18.4 Å². The molecule has 0 aliphatic rings. The molecule has 0 atom stereocenters. The van der Waals surface area contributed by atoms with Gasteiger partial charge in [0.05, 0.1) is 5.52 Å². The Balaban J connectivity index is 1.90. The molecule has 1 heterocycles. The van der Waals surface area contributed by atoms with Crippen LogP contribution in [-0.2, 0) is 0 Å². The van der Waals surface area contributed by atoms with Gasteiger partial charge in [-0.05, 0) is 25.5 Å². The van der Waals surface area contributed by atoms with Gasteiger partial charge in [0.1, 0.15) is 0 Å². The summed E-state index contributed by atoms with van der Waals surface area (Å²) in [5.74, 6) is 0.705.